The Balaban J connectivity index is 1.68. The molecular formula is C20H26N2O2. The second-order valence-corrected chi connectivity index (χ2v) is 7.24. The predicted octanol–water partition coefficient (Wildman–Crippen LogP) is 3.40. The highest BCUT2D eigenvalue weighted by molar-refractivity contribution is 5.83. The lowest BCUT2D eigenvalue weighted by atomic mass is 9.72. The number of piperidine rings is 3. The maximum absolute atomic E-state index is 11.2. The molecule has 3 fully saturated rings. The Bertz CT molecular complexity index is 733. The molecule has 1 unspecified atom stereocenters. The molecule has 128 valence electrons. The van der Waals surface area contributed by atoms with Crippen LogP contribution in [0.25, 0.3) is 10.9 Å². The number of aliphatic hydroxyl groups is 1. The van der Waals surface area contributed by atoms with E-state index in [1.54, 1.807) is 13.3 Å². The van der Waals surface area contributed by atoms with Gasteiger partial charge >= 0.3 is 0 Å². The van der Waals surface area contributed by atoms with Gasteiger partial charge in [-0.2, -0.15) is 0 Å². The average Bonchev–Trinajstić information content (AvgIpc) is 2.66. The summed E-state index contributed by atoms with van der Waals surface area (Å²) in [5, 5.41) is 12.2. The summed E-state index contributed by atoms with van der Waals surface area (Å²) < 4.78 is 5.36. The molecule has 0 amide bonds. The molecule has 1 aromatic carbocycles. The van der Waals surface area contributed by atoms with E-state index in [0.717, 1.165) is 53.6 Å². The van der Waals surface area contributed by atoms with Crippen molar-refractivity contribution in [2.24, 2.45) is 11.8 Å². The van der Waals surface area contributed by atoms with Crippen LogP contribution in [0.1, 0.15) is 37.9 Å². The minimum absolute atomic E-state index is 0.225. The van der Waals surface area contributed by atoms with Gasteiger partial charge in [-0.1, -0.05) is 13.3 Å². The van der Waals surface area contributed by atoms with Crippen molar-refractivity contribution in [3.05, 3.63) is 36.0 Å². The Kier molecular flexibility index (Phi) is 4.19. The van der Waals surface area contributed by atoms with Gasteiger partial charge in [0.1, 0.15) is 5.75 Å². The minimum Gasteiger partial charge on any atom is -0.497 e. The molecule has 2 bridgehead atoms. The van der Waals surface area contributed by atoms with E-state index >= 15 is 0 Å². The third-order valence-electron chi connectivity index (χ3n) is 6.13. The van der Waals surface area contributed by atoms with Crippen molar-refractivity contribution < 1.29 is 9.84 Å². The summed E-state index contributed by atoms with van der Waals surface area (Å²) in [5.74, 6) is 2.37. The van der Waals surface area contributed by atoms with Crippen LogP contribution < -0.4 is 4.74 Å². The van der Waals surface area contributed by atoms with Crippen LogP contribution in [0.4, 0.5) is 0 Å². The lowest BCUT2D eigenvalue weighted by Crippen LogP contribution is -2.55. The second-order valence-electron chi connectivity index (χ2n) is 7.24. The van der Waals surface area contributed by atoms with Gasteiger partial charge in [0.05, 0.1) is 18.7 Å². The first-order valence-electron chi connectivity index (χ1n) is 9.06. The number of fused-ring (bicyclic) bond motifs is 4. The van der Waals surface area contributed by atoms with Gasteiger partial charge in [0, 0.05) is 24.2 Å². The lowest BCUT2D eigenvalue weighted by molar-refractivity contribution is -0.0562. The molecule has 5 atom stereocenters. The van der Waals surface area contributed by atoms with Crippen LogP contribution in [0.5, 0.6) is 5.75 Å². The Morgan fingerprint density at radius 2 is 2.25 bits per heavy atom. The van der Waals surface area contributed by atoms with Gasteiger partial charge in [0.15, 0.2) is 0 Å². The molecule has 24 heavy (non-hydrogen) atoms. The third-order valence-corrected chi connectivity index (χ3v) is 6.13. The summed E-state index contributed by atoms with van der Waals surface area (Å²) in [7, 11) is 1.67. The van der Waals surface area contributed by atoms with Gasteiger partial charge in [0.2, 0.25) is 0 Å². The summed E-state index contributed by atoms with van der Waals surface area (Å²) in [4.78, 5) is 6.94. The SMILES string of the molecule is CC[C@@H]1CN2CC[C@H]1C[C@@H]2[C@@H](O)c1ccnc2ccc(OC)cc12. The lowest BCUT2D eigenvalue weighted by Gasteiger charge is -2.51. The molecule has 3 saturated heterocycles. The number of benzene rings is 1. The quantitative estimate of drug-likeness (QED) is 0.935. The molecule has 0 radical (unpaired) electrons. The first-order valence-corrected chi connectivity index (χ1v) is 9.06. The third kappa shape index (κ3) is 2.58. The van der Waals surface area contributed by atoms with Gasteiger partial charge in [-0.15, -0.1) is 0 Å². The van der Waals surface area contributed by atoms with Crippen molar-refractivity contribution in [2.45, 2.75) is 38.3 Å². The monoisotopic (exact) mass is 326 g/mol. The molecule has 4 heteroatoms. The highest BCUT2D eigenvalue weighted by Crippen LogP contribution is 2.42. The average molecular weight is 326 g/mol. The number of hydrogen-bond acceptors (Lipinski definition) is 4. The fraction of sp³-hybridized carbons (Fsp3) is 0.550. The van der Waals surface area contributed by atoms with Crippen molar-refractivity contribution in [1.29, 1.82) is 0 Å². The van der Waals surface area contributed by atoms with Crippen molar-refractivity contribution in [3.8, 4) is 5.75 Å². The summed E-state index contributed by atoms with van der Waals surface area (Å²) in [6.45, 7) is 4.55. The van der Waals surface area contributed by atoms with Gasteiger partial charge in [-0.05, 0) is 61.1 Å². The summed E-state index contributed by atoms with van der Waals surface area (Å²) in [5.41, 5.74) is 1.89. The molecule has 4 heterocycles. The number of rotatable bonds is 4. The van der Waals surface area contributed by atoms with E-state index in [9.17, 15) is 5.11 Å². The number of pyridine rings is 1. The van der Waals surface area contributed by atoms with Crippen molar-refractivity contribution >= 4 is 10.9 Å². The van der Waals surface area contributed by atoms with Crippen LogP contribution in [-0.4, -0.2) is 41.2 Å². The maximum Gasteiger partial charge on any atom is 0.119 e. The molecule has 1 N–H and O–H groups in total. The molecule has 1 aromatic heterocycles. The van der Waals surface area contributed by atoms with Crippen LogP contribution in [0.2, 0.25) is 0 Å². The van der Waals surface area contributed by atoms with Crippen LogP contribution in [-0.2, 0) is 0 Å². The van der Waals surface area contributed by atoms with E-state index < -0.39 is 6.10 Å². The van der Waals surface area contributed by atoms with Crippen molar-refractivity contribution in [3.63, 3.8) is 0 Å². The fourth-order valence-electron chi connectivity index (χ4n) is 4.71. The summed E-state index contributed by atoms with van der Waals surface area (Å²) in [6.07, 6.45) is 4.97. The fourth-order valence-corrected chi connectivity index (χ4v) is 4.71. The molecule has 3 aliphatic heterocycles. The highest BCUT2D eigenvalue weighted by Gasteiger charge is 2.42. The number of ether oxygens (including phenoxy) is 1. The van der Waals surface area contributed by atoms with Crippen LogP contribution >= 0.6 is 0 Å². The standard InChI is InChI=1S/C20H26N2O2/c1-3-13-12-22-9-7-14(13)10-19(22)20(23)16-6-8-21-18-5-4-15(24-2)11-17(16)18/h4-6,8,11,13-14,19-20,23H,3,7,9-10,12H2,1-2H3/t13-,14+,19-,20+/m1/s1. The Morgan fingerprint density at radius 1 is 1.38 bits per heavy atom. The Morgan fingerprint density at radius 3 is 2.96 bits per heavy atom. The van der Waals surface area contributed by atoms with E-state index in [1.807, 2.05) is 24.3 Å². The molecule has 2 aromatic rings. The predicted molar refractivity (Wildman–Crippen MR) is 95.1 cm³/mol. The molecule has 3 aliphatic rings. The van der Waals surface area contributed by atoms with Gasteiger partial charge in [-0.25, -0.2) is 0 Å². The minimum atomic E-state index is -0.469. The number of aliphatic hydroxyl groups excluding tert-OH is 1. The zero-order chi connectivity index (χ0) is 16.7. The zero-order valence-electron chi connectivity index (χ0n) is 14.5. The number of aromatic nitrogens is 1. The van der Waals surface area contributed by atoms with Crippen LogP contribution in [0.15, 0.2) is 30.5 Å². The molecular weight excluding hydrogens is 300 g/mol. The van der Waals surface area contributed by atoms with Gasteiger partial charge in [0.25, 0.3) is 0 Å². The molecule has 0 spiro atoms. The topological polar surface area (TPSA) is 45.6 Å². The van der Waals surface area contributed by atoms with Crippen LogP contribution in [0.3, 0.4) is 0 Å². The van der Waals surface area contributed by atoms with Crippen LogP contribution in [0, 0.1) is 11.8 Å². The van der Waals surface area contributed by atoms with E-state index in [0.29, 0.717) is 0 Å². The van der Waals surface area contributed by atoms with E-state index in [4.69, 9.17) is 4.74 Å². The normalized spacial score (nSPS) is 30.5. The number of nitrogens with zero attached hydrogens (tertiary/aromatic N) is 2. The van der Waals surface area contributed by atoms with Crippen molar-refractivity contribution in [1.82, 2.24) is 9.88 Å². The largest absolute Gasteiger partial charge is 0.497 e. The Hall–Kier alpha value is -1.65. The highest BCUT2D eigenvalue weighted by atomic mass is 16.5. The van der Waals surface area contributed by atoms with E-state index in [2.05, 4.69) is 16.8 Å². The smallest absolute Gasteiger partial charge is 0.119 e. The summed E-state index contributed by atoms with van der Waals surface area (Å²) in [6, 6.07) is 8.07. The van der Waals surface area contributed by atoms with Gasteiger partial charge in [-0.3, -0.25) is 9.88 Å². The maximum atomic E-state index is 11.2. The van der Waals surface area contributed by atoms with Crippen molar-refractivity contribution in [2.75, 3.05) is 20.2 Å². The molecule has 4 nitrogen and oxygen atoms in total. The molecule has 0 saturated carbocycles. The first kappa shape index (κ1) is 15.9. The first-order chi connectivity index (χ1) is 11.7. The van der Waals surface area contributed by atoms with E-state index in [-0.39, 0.29) is 6.04 Å². The number of hydrogen-bond donors (Lipinski definition) is 1. The van der Waals surface area contributed by atoms with E-state index in [1.165, 1.54) is 12.8 Å². The zero-order valence-corrected chi connectivity index (χ0v) is 14.5. The van der Waals surface area contributed by atoms with Gasteiger partial charge < -0.3 is 9.84 Å². The Labute approximate surface area is 143 Å². The second kappa shape index (κ2) is 6.34. The molecule has 5 rings (SSSR count). The summed E-state index contributed by atoms with van der Waals surface area (Å²) >= 11 is 0. The number of methoxy groups -OCH3 is 1. The molecule has 0 aliphatic carbocycles.